The van der Waals surface area contributed by atoms with Crippen molar-refractivity contribution in [2.75, 3.05) is 7.11 Å². The topological polar surface area (TPSA) is 171 Å². The molecule has 1 N–H and O–H groups in total. The van der Waals surface area contributed by atoms with Gasteiger partial charge in [0.15, 0.2) is 5.69 Å². The third kappa shape index (κ3) is 5.17. The van der Waals surface area contributed by atoms with E-state index in [0.29, 0.717) is 27.8 Å². The molecule has 0 aliphatic carbocycles. The third-order valence-corrected chi connectivity index (χ3v) is 6.45. The maximum atomic E-state index is 13.5. The van der Waals surface area contributed by atoms with Crippen LogP contribution in [0.1, 0.15) is 0 Å². The maximum Gasteiger partial charge on any atom is 0.301 e. The number of H-pyrrole nitrogens is 1. The number of non-ortho nitro benzene ring substituents is 2. The molecule has 0 aliphatic heterocycles. The molecule has 39 heavy (non-hydrogen) atoms. The molecule has 194 valence electrons. The minimum absolute atomic E-state index is 0.0663. The number of hydrogen-bond donors (Lipinski definition) is 1. The first-order valence-electron chi connectivity index (χ1n) is 11.2. The van der Waals surface area contributed by atoms with Gasteiger partial charge in [0.05, 0.1) is 34.0 Å². The van der Waals surface area contributed by atoms with Crippen LogP contribution in [0.15, 0.2) is 93.2 Å². The highest BCUT2D eigenvalue weighted by Gasteiger charge is 2.20. The number of nitrogens with zero attached hydrogens (tertiary/aromatic N) is 6. The zero-order valence-electron chi connectivity index (χ0n) is 20.0. The summed E-state index contributed by atoms with van der Waals surface area (Å²) in [6, 6.07) is 18.3. The number of hydrogen-bond acceptors (Lipinski definition) is 10. The molecule has 5 aromatic rings. The van der Waals surface area contributed by atoms with Gasteiger partial charge in [0.25, 0.3) is 11.4 Å². The lowest BCUT2D eigenvalue weighted by Gasteiger charge is -2.01. The van der Waals surface area contributed by atoms with Gasteiger partial charge in [0.1, 0.15) is 5.75 Å². The molecule has 2 heterocycles. The van der Waals surface area contributed by atoms with Gasteiger partial charge in [-0.05, 0) is 48.5 Å². The predicted molar refractivity (Wildman–Crippen MR) is 143 cm³/mol. The van der Waals surface area contributed by atoms with E-state index < -0.39 is 15.4 Å². The lowest BCUT2D eigenvalue weighted by Crippen LogP contribution is -2.13. The summed E-state index contributed by atoms with van der Waals surface area (Å²) < 4.78 is 6.41. The average Bonchev–Trinajstić information content (AvgIpc) is 3.57. The Balaban J connectivity index is 1.56. The van der Waals surface area contributed by atoms with Gasteiger partial charge in [-0.3, -0.25) is 30.1 Å². The summed E-state index contributed by atoms with van der Waals surface area (Å²) in [6.07, 6.45) is 0. The van der Waals surface area contributed by atoms with Gasteiger partial charge in [0.2, 0.25) is 5.13 Å². The molecule has 2 aromatic heterocycles. The van der Waals surface area contributed by atoms with Gasteiger partial charge in [0, 0.05) is 40.8 Å². The second kappa shape index (κ2) is 10.5. The van der Waals surface area contributed by atoms with Crippen molar-refractivity contribution in [2.45, 2.75) is 0 Å². The smallest absolute Gasteiger partial charge is 0.301 e. The van der Waals surface area contributed by atoms with E-state index in [9.17, 15) is 25.0 Å². The summed E-state index contributed by atoms with van der Waals surface area (Å²) in [7, 11) is 1.58. The van der Waals surface area contributed by atoms with Crippen molar-refractivity contribution in [3.8, 4) is 33.4 Å². The van der Waals surface area contributed by atoms with Crippen LogP contribution in [-0.2, 0) is 0 Å². The first-order chi connectivity index (χ1) is 18.8. The SMILES string of the molecule is COc1ccc(-c2csc(-n3[nH]c(-c4ccc([N+](=O)[O-])cc4)c(N=Nc4ccc([N+](=O)[O-])cc4)c3=O)n2)cc1. The molecule has 0 bridgehead atoms. The number of ether oxygens (including phenoxy) is 1. The summed E-state index contributed by atoms with van der Waals surface area (Å²) in [5, 5.41) is 35.4. The molecular weight excluding hydrogens is 526 g/mol. The van der Waals surface area contributed by atoms with E-state index in [1.54, 1.807) is 24.6 Å². The van der Waals surface area contributed by atoms with Gasteiger partial charge in [-0.2, -0.15) is 9.80 Å². The van der Waals surface area contributed by atoms with E-state index in [0.717, 1.165) is 5.56 Å². The Morgan fingerprint density at radius 3 is 2.05 bits per heavy atom. The summed E-state index contributed by atoms with van der Waals surface area (Å²) in [6.45, 7) is 0. The van der Waals surface area contributed by atoms with Crippen molar-refractivity contribution in [3.63, 3.8) is 0 Å². The van der Waals surface area contributed by atoms with Crippen LogP contribution in [0.5, 0.6) is 5.75 Å². The Morgan fingerprint density at radius 1 is 0.872 bits per heavy atom. The number of methoxy groups -OCH3 is 1. The van der Waals surface area contributed by atoms with E-state index in [1.165, 1.54) is 64.5 Å². The van der Waals surface area contributed by atoms with Crippen molar-refractivity contribution in [1.82, 2.24) is 14.8 Å². The predicted octanol–water partition coefficient (Wildman–Crippen LogP) is 6.20. The molecule has 0 saturated heterocycles. The molecule has 0 unspecified atom stereocenters. The highest BCUT2D eigenvalue weighted by Crippen LogP contribution is 2.31. The standard InChI is InChI=1S/C25H17N7O6S/c1-38-20-12-4-15(5-13-20)21-14-39-25(26-21)30-24(33)23(28-27-17-6-10-19(11-7-17)32(36)37)22(29-30)16-2-8-18(9-3-16)31(34)35/h2-14,29H,1H3. The van der Waals surface area contributed by atoms with Crippen LogP contribution in [0.4, 0.5) is 22.7 Å². The fourth-order valence-corrected chi connectivity index (χ4v) is 4.41. The van der Waals surface area contributed by atoms with E-state index in [1.807, 2.05) is 12.1 Å². The van der Waals surface area contributed by atoms with E-state index >= 15 is 0 Å². The van der Waals surface area contributed by atoms with E-state index in [-0.39, 0.29) is 22.8 Å². The first kappa shape index (κ1) is 25.2. The molecular formula is C25H17N7O6S. The van der Waals surface area contributed by atoms with Crippen molar-refractivity contribution in [1.29, 1.82) is 0 Å². The van der Waals surface area contributed by atoms with E-state index in [2.05, 4.69) is 20.3 Å². The van der Waals surface area contributed by atoms with Crippen LogP contribution < -0.4 is 10.3 Å². The number of aromatic amines is 1. The number of nitro benzene ring substituents is 2. The fourth-order valence-electron chi connectivity index (χ4n) is 3.62. The number of aromatic nitrogens is 3. The minimum Gasteiger partial charge on any atom is -0.497 e. The largest absolute Gasteiger partial charge is 0.497 e. The van der Waals surface area contributed by atoms with Gasteiger partial charge in [-0.1, -0.05) is 0 Å². The molecule has 0 atom stereocenters. The maximum absolute atomic E-state index is 13.5. The van der Waals surface area contributed by atoms with Crippen molar-refractivity contribution < 1.29 is 14.6 Å². The number of benzene rings is 3. The Hall–Kier alpha value is -5.50. The zero-order valence-corrected chi connectivity index (χ0v) is 20.9. The summed E-state index contributed by atoms with van der Waals surface area (Å²) >= 11 is 1.23. The van der Waals surface area contributed by atoms with Crippen molar-refractivity contribution in [3.05, 3.63) is 109 Å². The zero-order chi connectivity index (χ0) is 27.5. The number of thiazole rings is 1. The molecule has 0 spiro atoms. The second-order valence-corrected chi connectivity index (χ2v) is 8.83. The molecule has 0 fully saturated rings. The van der Waals surface area contributed by atoms with Gasteiger partial charge >= 0.3 is 5.56 Å². The second-order valence-electron chi connectivity index (χ2n) is 8.00. The van der Waals surface area contributed by atoms with Crippen molar-refractivity contribution in [2.24, 2.45) is 10.2 Å². The van der Waals surface area contributed by atoms with Crippen LogP contribution in [0.2, 0.25) is 0 Å². The van der Waals surface area contributed by atoms with Crippen LogP contribution in [0, 0.1) is 20.2 Å². The number of nitro groups is 2. The quantitative estimate of drug-likeness (QED) is 0.138. The van der Waals surface area contributed by atoms with Crippen LogP contribution in [0.25, 0.3) is 27.6 Å². The Kier molecular flexibility index (Phi) is 6.75. The van der Waals surface area contributed by atoms with Crippen LogP contribution in [0.3, 0.4) is 0 Å². The Bertz CT molecular complexity index is 1750. The molecule has 3 aromatic carbocycles. The molecule has 13 nitrogen and oxygen atoms in total. The van der Waals surface area contributed by atoms with Gasteiger partial charge < -0.3 is 4.74 Å². The lowest BCUT2D eigenvalue weighted by atomic mass is 10.1. The number of azo groups is 1. The monoisotopic (exact) mass is 543 g/mol. The molecule has 5 rings (SSSR count). The highest BCUT2D eigenvalue weighted by molar-refractivity contribution is 7.12. The van der Waals surface area contributed by atoms with Gasteiger partial charge in [-0.15, -0.1) is 16.5 Å². The summed E-state index contributed by atoms with van der Waals surface area (Å²) in [4.78, 5) is 39.0. The lowest BCUT2D eigenvalue weighted by molar-refractivity contribution is -0.385. The number of nitrogens with one attached hydrogen (secondary N) is 1. The van der Waals surface area contributed by atoms with E-state index in [4.69, 9.17) is 4.74 Å². The number of rotatable bonds is 8. The normalized spacial score (nSPS) is 11.1. The first-order valence-corrected chi connectivity index (χ1v) is 12.1. The fraction of sp³-hybridized carbons (Fsp3) is 0.0400. The molecule has 0 amide bonds. The molecule has 0 radical (unpaired) electrons. The Morgan fingerprint density at radius 2 is 1.46 bits per heavy atom. The minimum atomic E-state index is -0.551. The highest BCUT2D eigenvalue weighted by atomic mass is 32.1. The molecule has 0 aliphatic rings. The van der Waals surface area contributed by atoms with Crippen molar-refractivity contribution >= 4 is 34.1 Å². The third-order valence-electron chi connectivity index (χ3n) is 5.63. The van der Waals surface area contributed by atoms with Crippen LogP contribution in [-0.4, -0.2) is 31.7 Å². The summed E-state index contributed by atoms with van der Waals surface area (Å²) in [5.41, 5.74) is 1.64. The van der Waals surface area contributed by atoms with Gasteiger partial charge in [-0.25, -0.2) is 4.98 Å². The summed E-state index contributed by atoms with van der Waals surface area (Å²) in [5.74, 6) is 0.700. The average molecular weight is 544 g/mol. The Labute approximate surface area is 223 Å². The molecule has 14 heteroatoms. The molecule has 0 saturated carbocycles. The van der Waals surface area contributed by atoms with Crippen LogP contribution >= 0.6 is 11.3 Å².